The normalized spacial score (nSPS) is 15.2. The SMILES string of the molecule is CC(C)C[C@@H](C=C(NC(=O)[C@H](C)N)S(=O)(=O)c1ccccc1)C(=O)[C@@H](NNC(=O)OC(C)(C)C)C(C)C. The van der Waals surface area contributed by atoms with Gasteiger partial charge in [0.2, 0.25) is 15.7 Å². The molecule has 0 aromatic heterocycles. The van der Waals surface area contributed by atoms with E-state index in [9.17, 15) is 22.8 Å². The number of hydrogen-bond donors (Lipinski definition) is 4. The molecule has 0 spiro atoms. The summed E-state index contributed by atoms with van der Waals surface area (Å²) in [6, 6.07) is 5.78. The number of Topliss-reactive ketones (excluding diaryl/α,β-unsaturated/α-hetero) is 1. The van der Waals surface area contributed by atoms with Gasteiger partial charge in [0.05, 0.1) is 17.0 Å². The van der Waals surface area contributed by atoms with Crippen LogP contribution < -0.4 is 21.9 Å². The predicted molar refractivity (Wildman–Crippen MR) is 143 cm³/mol. The van der Waals surface area contributed by atoms with Gasteiger partial charge in [-0.2, -0.15) is 0 Å². The first-order valence-electron chi connectivity index (χ1n) is 12.3. The second kappa shape index (κ2) is 13.7. The van der Waals surface area contributed by atoms with E-state index in [2.05, 4.69) is 16.2 Å². The highest BCUT2D eigenvalue weighted by atomic mass is 32.2. The predicted octanol–water partition coefficient (Wildman–Crippen LogP) is 3.05. The molecule has 1 aromatic carbocycles. The molecule has 0 saturated heterocycles. The number of carbonyl (C=O) groups excluding carboxylic acids is 3. The molecule has 0 aliphatic carbocycles. The van der Waals surface area contributed by atoms with E-state index < -0.39 is 50.5 Å². The Morgan fingerprint density at radius 2 is 1.59 bits per heavy atom. The molecule has 1 aromatic rings. The highest BCUT2D eigenvalue weighted by Gasteiger charge is 2.32. The van der Waals surface area contributed by atoms with Gasteiger partial charge in [-0.05, 0) is 64.2 Å². The highest BCUT2D eigenvalue weighted by molar-refractivity contribution is 7.95. The Morgan fingerprint density at radius 3 is 2.05 bits per heavy atom. The molecule has 0 heterocycles. The summed E-state index contributed by atoms with van der Waals surface area (Å²) in [6.07, 6.45) is 0.825. The minimum absolute atomic E-state index is 0.0154. The number of benzene rings is 1. The van der Waals surface area contributed by atoms with E-state index in [-0.39, 0.29) is 22.5 Å². The first-order valence-corrected chi connectivity index (χ1v) is 13.8. The third kappa shape index (κ3) is 10.6. The lowest BCUT2D eigenvalue weighted by molar-refractivity contribution is -0.125. The molecule has 3 atom stereocenters. The molecule has 0 saturated carbocycles. The standard InChI is InChI=1S/C26H42N4O6S/c1-16(2)14-19(23(31)22(17(3)4)29-30-25(33)36-26(6,7)8)15-21(28-24(32)18(5)27)37(34,35)20-12-10-9-11-13-20/h9-13,15-19,22,29H,14,27H2,1-8H3,(H,28,32)(H,30,33)/t18-,19-,22-/m0/s1. The third-order valence-electron chi connectivity index (χ3n) is 5.15. The Morgan fingerprint density at radius 1 is 1.03 bits per heavy atom. The molecular formula is C26H42N4O6S. The zero-order chi connectivity index (χ0) is 28.6. The van der Waals surface area contributed by atoms with Crippen LogP contribution >= 0.6 is 0 Å². The van der Waals surface area contributed by atoms with Crippen LogP contribution in [0.3, 0.4) is 0 Å². The fourth-order valence-corrected chi connectivity index (χ4v) is 4.70. The number of nitrogens with one attached hydrogen (secondary N) is 3. The zero-order valence-corrected chi connectivity index (χ0v) is 23.8. The summed E-state index contributed by atoms with van der Waals surface area (Å²) in [5.41, 5.74) is 10.1. The zero-order valence-electron chi connectivity index (χ0n) is 23.0. The van der Waals surface area contributed by atoms with Crippen molar-refractivity contribution in [3.63, 3.8) is 0 Å². The largest absolute Gasteiger partial charge is 0.443 e. The number of allylic oxidation sites excluding steroid dienone is 1. The minimum Gasteiger partial charge on any atom is -0.443 e. The van der Waals surface area contributed by atoms with E-state index in [1.54, 1.807) is 52.8 Å². The van der Waals surface area contributed by atoms with Gasteiger partial charge in [0.1, 0.15) is 10.6 Å². The molecule has 0 bridgehead atoms. The summed E-state index contributed by atoms with van der Waals surface area (Å²) >= 11 is 0. The van der Waals surface area contributed by atoms with E-state index in [4.69, 9.17) is 10.5 Å². The second-order valence-corrected chi connectivity index (χ2v) is 12.7. The number of hydrogen-bond acceptors (Lipinski definition) is 8. The lowest BCUT2D eigenvalue weighted by Crippen LogP contribution is -2.53. The van der Waals surface area contributed by atoms with Crippen molar-refractivity contribution in [2.45, 2.75) is 84.4 Å². The van der Waals surface area contributed by atoms with E-state index in [1.807, 2.05) is 13.8 Å². The Balaban J connectivity index is 3.47. The molecule has 37 heavy (non-hydrogen) atoms. The van der Waals surface area contributed by atoms with Crippen molar-refractivity contribution < 1.29 is 27.5 Å². The van der Waals surface area contributed by atoms with Gasteiger partial charge in [0.15, 0.2) is 5.78 Å². The van der Waals surface area contributed by atoms with Crippen LogP contribution in [0.25, 0.3) is 0 Å². The summed E-state index contributed by atoms with van der Waals surface area (Å²) in [5, 5.41) is 1.99. The molecule has 0 aliphatic rings. The number of ether oxygens (including phenoxy) is 1. The smallest absolute Gasteiger partial charge is 0.422 e. The van der Waals surface area contributed by atoms with Gasteiger partial charge in [-0.25, -0.2) is 18.6 Å². The average molecular weight is 539 g/mol. The summed E-state index contributed by atoms with van der Waals surface area (Å²) in [6.45, 7) is 14.0. The first-order chi connectivity index (χ1) is 17.0. The van der Waals surface area contributed by atoms with Gasteiger partial charge in [-0.3, -0.25) is 15.0 Å². The van der Waals surface area contributed by atoms with Crippen molar-refractivity contribution in [3.8, 4) is 0 Å². The molecule has 2 amide bonds. The van der Waals surface area contributed by atoms with Gasteiger partial charge in [0.25, 0.3) is 0 Å². The number of nitrogens with two attached hydrogens (primary N) is 1. The molecular weight excluding hydrogens is 496 g/mol. The molecule has 0 radical (unpaired) electrons. The number of amides is 2. The Hall–Kier alpha value is -2.76. The van der Waals surface area contributed by atoms with Gasteiger partial charge < -0.3 is 15.8 Å². The van der Waals surface area contributed by atoms with Gasteiger partial charge in [-0.15, -0.1) is 0 Å². The molecule has 5 N–H and O–H groups in total. The topological polar surface area (TPSA) is 157 Å². The van der Waals surface area contributed by atoms with Crippen molar-refractivity contribution in [2.75, 3.05) is 0 Å². The molecule has 0 unspecified atom stereocenters. The van der Waals surface area contributed by atoms with Gasteiger partial charge >= 0.3 is 6.09 Å². The van der Waals surface area contributed by atoms with E-state index in [1.165, 1.54) is 25.1 Å². The second-order valence-electron chi connectivity index (χ2n) is 10.8. The fourth-order valence-electron chi connectivity index (χ4n) is 3.35. The molecule has 1 rings (SSSR count). The first kappa shape index (κ1) is 32.3. The van der Waals surface area contributed by atoms with Crippen molar-refractivity contribution in [3.05, 3.63) is 41.4 Å². The Kier molecular flexibility index (Phi) is 11.9. The van der Waals surface area contributed by atoms with Crippen LogP contribution in [0.1, 0.15) is 61.8 Å². The molecule has 208 valence electrons. The fraction of sp³-hybridized carbons (Fsp3) is 0.577. The van der Waals surface area contributed by atoms with Crippen LogP contribution in [-0.2, 0) is 24.2 Å². The third-order valence-corrected chi connectivity index (χ3v) is 6.86. The summed E-state index contributed by atoms with van der Waals surface area (Å²) < 4.78 is 32.1. The molecule has 0 fully saturated rings. The Bertz CT molecular complexity index is 1060. The van der Waals surface area contributed by atoms with Crippen molar-refractivity contribution in [1.82, 2.24) is 16.2 Å². The maximum atomic E-state index is 13.7. The van der Waals surface area contributed by atoms with Crippen LogP contribution in [0.2, 0.25) is 0 Å². The average Bonchev–Trinajstić information content (AvgIpc) is 2.76. The molecule has 0 aliphatic heterocycles. The van der Waals surface area contributed by atoms with Crippen LogP contribution in [0.5, 0.6) is 0 Å². The maximum absolute atomic E-state index is 13.7. The van der Waals surface area contributed by atoms with E-state index in [0.29, 0.717) is 6.42 Å². The van der Waals surface area contributed by atoms with Crippen LogP contribution in [0.4, 0.5) is 4.79 Å². The quantitative estimate of drug-likeness (QED) is 0.296. The lowest BCUT2D eigenvalue weighted by atomic mass is 9.86. The minimum atomic E-state index is -4.17. The number of rotatable bonds is 12. The van der Waals surface area contributed by atoms with Crippen LogP contribution in [-0.4, -0.2) is 43.9 Å². The lowest BCUT2D eigenvalue weighted by Gasteiger charge is -2.27. The van der Waals surface area contributed by atoms with Crippen molar-refractivity contribution >= 4 is 27.6 Å². The van der Waals surface area contributed by atoms with Gasteiger partial charge in [0, 0.05) is 5.92 Å². The number of sulfone groups is 1. The molecule has 10 nitrogen and oxygen atoms in total. The number of hydrazine groups is 1. The summed E-state index contributed by atoms with van der Waals surface area (Å²) in [7, 11) is -4.17. The summed E-state index contributed by atoms with van der Waals surface area (Å²) in [4.78, 5) is 38.3. The Labute approximate surface area is 220 Å². The molecule has 11 heteroatoms. The van der Waals surface area contributed by atoms with E-state index >= 15 is 0 Å². The highest BCUT2D eigenvalue weighted by Crippen LogP contribution is 2.24. The summed E-state index contributed by atoms with van der Waals surface area (Å²) in [5.74, 6) is -2.20. The van der Waals surface area contributed by atoms with E-state index in [0.717, 1.165) is 0 Å². The van der Waals surface area contributed by atoms with Crippen molar-refractivity contribution in [1.29, 1.82) is 0 Å². The number of ketones is 1. The van der Waals surface area contributed by atoms with Crippen LogP contribution in [0, 0.1) is 17.8 Å². The monoisotopic (exact) mass is 538 g/mol. The van der Waals surface area contributed by atoms with Gasteiger partial charge in [-0.1, -0.05) is 45.9 Å². The number of carbonyl (C=O) groups is 3. The van der Waals surface area contributed by atoms with Crippen LogP contribution in [0.15, 0.2) is 46.3 Å². The van der Waals surface area contributed by atoms with Crippen molar-refractivity contribution in [2.24, 2.45) is 23.5 Å². The maximum Gasteiger partial charge on any atom is 0.422 e.